The maximum atomic E-state index is 12.9. The zero-order valence-corrected chi connectivity index (χ0v) is 13.0. The summed E-state index contributed by atoms with van der Waals surface area (Å²) in [5.41, 5.74) is 1.12. The average molecular weight is 287 g/mol. The van der Waals surface area contributed by atoms with Crippen molar-refractivity contribution in [3.05, 3.63) is 18.0 Å². The van der Waals surface area contributed by atoms with Gasteiger partial charge in [0.25, 0.3) is 0 Å². The van der Waals surface area contributed by atoms with Gasteiger partial charge in [-0.3, -0.25) is 9.48 Å². The molecule has 0 unspecified atom stereocenters. The molecule has 1 amide bonds. The first-order valence-electron chi connectivity index (χ1n) is 8.32. The van der Waals surface area contributed by atoms with E-state index < -0.39 is 0 Å². The number of hydrogen-bond acceptors (Lipinski definition) is 2. The van der Waals surface area contributed by atoms with Gasteiger partial charge in [0.05, 0.1) is 6.20 Å². The summed E-state index contributed by atoms with van der Waals surface area (Å²) in [5, 5.41) is 4.19. The van der Waals surface area contributed by atoms with E-state index in [0.717, 1.165) is 17.4 Å². The Hall–Kier alpha value is -1.32. The van der Waals surface area contributed by atoms with Crippen LogP contribution in [0, 0.1) is 29.6 Å². The summed E-state index contributed by atoms with van der Waals surface area (Å²) in [6, 6.07) is 0. The molecule has 0 aliphatic heterocycles. The molecule has 0 radical (unpaired) electrons. The number of rotatable bonds is 3. The molecule has 21 heavy (non-hydrogen) atoms. The smallest absolute Gasteiger partial charge is 0.226 e. The van der Waals surface area contributed by atoms with Crippen LogP contribution in [0.4, 0.5) is 0 Å². The Labute approximate surface area is 126 Å². The summed E-state index contributed by atoms with van der Waals surface area (Å²) in [6.45, 7) is 0.690. The maximum Gasteiger partial charge on any atom is 0.226 e. The number of aryl methyl sites for hydroxylation is 1. The third kappa shape index (κ3) is 2.29. The molecule has 0 aromatic carbocycles. The van der Waals surface area contributed by atoms with Gasteiger partial charge in [-0.1, -0.05) is 0 Å². The molecule has 4 bridgehead atoms. The van der Waals surface area contributed by atoms with Crippen molar-refractivity contribution in [3.8, 4) is 0 Å². The van der Waals surface area contributed by atoms with E-state index in [1.165, 1.54) is 32.1 Å². The minimum atomic E-state index is 0.305. The second-order valence-corrected chi connectivity index (χ2v) is 7.67. The zero-order chi connectivity index (χ0) is 14.6. The van der Waals surface area contributed by atoms with Gasteiger partial charge in [-0.15, -0.1) is 0 Å². The van der Waals surface area contributed by atoms with Crippen LogP contribution in [0.5, 0.6) is 0 Å². The zero-order valence-electron chi connectivity index (χ0n) is 13.0. The maximum absolute atomic E-state index is 12.9. The lowest BCUT2D eigenvalue weighted by Crippen LogP contribution is -2.51. The number of hydrogen-bond donors (Lipinski definition) is 0. The molecule has 4 nitrogen and oxygen atoms in total. The van der Waals surface area contributed by atoms with Crippen molar-refractivity contribution in [2.24, 2.45) is 36.6 Å². The summed E-state index contributed by atoms with van der Waals surface area (Å²) in [5.74, 6) is 3.89. The quantitative estimate of drug-likeness (QED) is 0.856. The van der Waals surface area contributed by atoms with E-state index in [1.807, 2.05) is 31.4 Å². The third-order valence-electron chi connectivity index (χ3n) is 6.07. The molecular formula is C17H25N3O. The van der Waals surface area contributed by atoms with Crippen molar-refractivity contribution in [3.63, 3.8) is 0 Å². The molecule has 0 N–H and O–H groups in total. The van der Waals surface area contributed by atoms with Crippen LogP contribution in [0.2, 0.25) is 0 Å². The summed E-state index contributed by atoms with van der Waals surface area (Å²) < 4.78 is 1.80. The van der Waals surface area contributed by atoms with Crippen molar-refractivity contribution in [2.45, 2.75) is 38.6 Å². The number of nitrogens with zero attached hydrogens (tertiary/aromatic N) is 3. The monoisotopic (exact) mass is 287 g/mol. The van der Waals surface area contributed by atoms with Crippen LogP contribution in [0.3, 0.4) is 0 Å². The molecule has 0 saturated heterocycles. The summed E-state index contributed by atoms with van der Waals surface area (Å²) >= 11 is 0. The Bertz CT molecular complexity index is 522. The molecule has 4 aliphatic carbocycles. The summed E-state index contributed by atoms with van der Waals surface area (Å²) in [7, 11) is 3.88. The first-order valence-corrected chi connectivity index (χ1v) is 8.32. The highest BCUT2D eigenvalue weighted by atomic mass is 16.2. The minimum absolute atomic E-state index is 0.305. The van der Waals surface area contributed by atoms with Crippen molar-refractivity contribution in [1.82, 2.24) is 14.7 Å². The van der Waals surface area contributed by atoms with Crippen molar-refractivity contribution >= 4 is 5.91 Å². The molecule has 0 spiro atoms. The summed E-state index contributed by atoms with van der Waals surface area (Å²) in [6.07, 6.45) is 10.5. The van der Waals surface area contributed by atoms with Gasteiger partial charge in [-0.25, -0.2) is 0 Å². The lowest BCUT2D eigenvalue weighted by molar-refractivity contribution is -0.148. The topological polar surface area (TPSA) is 38.1 Å². The van der Waals surface area contributed by atoms with Crippen LogP contribution in [0.1, 0.15) is 37.7 Å². The first-order chi connectivity index (χ1) is 10.1. The fraction of sp³-hybridized carbons (Fsp3) is 0.765. The molecule has 1 heterocycles. The highest BCUT2D eigenvalue weighted by Crippen LogP contribution is 2.56. The fourth-order valence-electron chi connectivity index (χ4n) is 5.49. The molecule has 4 fully saturated rings. The molecule has 4 heteroatoms. The second kappa shape index (κ2) is 4.85. The van der Waals surface area contributed by atoms with Crippen LogP contribution >= 0.6 is 0 Å². The van der Waals surface area contributed by atoms with Crippen molar-refractivity contribution in [1.29, 1.82) is 0 Å². The summed E-state index contributed by atoms with van der Waals surface area (Å²) in [4.78, 5) is 14.9. The molecule has 0 atom stereocenters. The van der Waals surface area contributed by atoms with Crippen LogP contribution in [-0.4, -0.2) is 27.6 Å². The van der Waals surface area contributed by atoms with Gasteiger partial charge < -0.3 is 4.90 Å². The predicted molar refractivity (Wildman–Crippen MR) is 80.2 cm³/mol. The third-order valence-corrected chi connectivity index (χ3v) is 6.07. The number of carbonyl (C=O) groups is 1. The fourth-order valence-corrected chi connectivity index (χ4v) is 5.49. The lowest BCUT2D eigenvalue weighted by Gasteiger charge is -2.54. The Balaban J connectivity index is 1.47. The molecule has 4 aliphatic rings. The first kappa shape index (κ1) is 13.4. The average Bonchev–Trinajstić information content (AvgIpc) is 2.82. The van der Waals surface area contributed by atoms with Gasteiger partial charge in [-0.05, 0) is 55.8 Å². The van der Waals surface area contributed by atoms with E-state index in [2.05, 4.69) is 5.10 Å². The molecular weight excluding hydrogens is 262 g/mol. The lowest BCUT2D eigenvalue weighted by atomic mass is 9.51. The number of carbonyl (C=O) groups excluding carboxylic acids is 1. The van der Waals surface area contributed by atoms with Gasteiger partial charge in [0.15, 0.2) is 0 Å². The SMILES string of the molecule is CN(Cc1cnn(C)c1)C(=O)C1C2CC3CC(C2)CC1C3. The van der Waals surface area contributed by atoms with Crippen LogP contribution in [0.15, 0.2) is 12.4 Å². The van der Waals surface area contributed by atoms with Crippen LogP contribution < -0.4 is 0 Å². The van der Waals surface area contributed by atoms with E-state index in [1.54, 1.807) is 4.68 Å². The molecule has 5 rings (SSSR count). The van der Waals surface area contributed by atoms with Gasteiger partial charge >= 0.3 is 0 Å². The van der Waals surface area contributed by atoms with Crippen molar-refractivity contribution < 1.29 is 4.79 Å². The molecule has 1 aromatic heterocycles. The van der Waals surface area contributed by atoms with E-state index in [0.29, 0.717) is 30.2 Å². The van der Waals surface area contributed by atoms with E-state index in [9.17, 15) is 4.79 Å². The van der Waals surface area contributed by atoms with Crippen molar-refractivity contribution in [2.75, 3.05) is 7.05 Å². The Kier molecular flexibility index (Phi) is 3.09. The Morgan fingerprint density at radius 1 is 1.24 bits per heavy atom. The van der Waals surface area contributed by atoms with E-state index >= 15 is 0 Å². The van der Waals surface area contributed by atoms with E-state index in [4.69, 9.17) is 0 Å². The molecule has 1 aromatic rings. The highest BCUT2D eigenvalue weighted by Gasteiger charge is 2.51. The molecule has 114 valence electrons. The van der Waals surface area contributed by atoms with E-state index in [-0.39, 0.29) is 0 Å². The van der Waals surface area contributed by atoms with Crippen LogP contribution in [-0.2, 0) is 18.4 Å². The van der Waals surface area contributed by atoms with Crippen LogP contribution in [0.25, 0.3) is 0 Å². The van der Waals surface area contributed by atoms with Gasteiger partial charge in [0.1, 0.15) is 0 Å². The predicted octanol–water partition coefficient (Wildman–Crippen LogP) is 2.45. The standard InChI is InChI=1S/C17H25N3O/c1-19(9-13-8-18-20(2)10-13)17(21)16-14-4-11-3-12(6-14)7-15(16)5-11/h8,10-12,14-16H,3-7,9H2,1-2H3. The van der Waals surface area contributed by atoms with Gasteiger partial charge in [0.2, 0.25) is 5.91 Å². The Morgan fingerprint density at radius 2 is 1.86 bits per heavy atom. The second-order valence-electron chi connectivity index (χ2n) is 7.67. The highest BCUT2D eigenvalue weighted by molar-refractivity contribution is 5.79. The number of amides is 1. The number of aromatic nitrogens is 2. The molecule has 4 saturated carbocycles. The Morgan fingerprint density at radius 3 is 2.38 bits per heavy atom. The van der Waals surface area contributed by atoms with Gasteiger partial charge in [-0.2, -0.15) is 5.10 Å². The largest absolute Gasteiger partial charge is 0.341 e. The minimum Gasteiger partial charge on any atom is -0.341 e. The normalized spacial score (nSPS) is 37.0. The van der Waals surface area contributed by atoms with Gasteiger partial charge in [0, 0.05) is 38.3 Å².